The van der Waals surface area contributed by atoms with Crippen molar-refractivity contribution in [1.82, 2.24) is 10.0 Å². The molecule has 0 aliphatic heterocycles. The van der Waals surface area contributed by atoms with Gasteiger partial charge in [0.1, 0.15) is 11.5 Å². The fraction of sp³-hybridized carbons (Fsp3) is 0.176. The van der Waals surface area contributed by atoms with Crippen molar-refractivity contribution in [1.29, 1.82) is 0 Å². The lowest BCUT2D eigenvalue weighted by molar-refractivity contribution is -0.177. The van der Waals surface area contributed by atoms with Gasteiger partial charge in [-0.15, -0.1) is 11.3 Å². The summed E-state index contributed by atoms with van der Waals surface area (Å²) in [7, 11) is 0. The second kappa shape index (κ2) is 13.9. The second-order valence-corrected chi connectivity index (χ2v) is 10.8. The summed E-state index contributed by atoms with van der Waals surface area (Å²) in [6, 6.07) is 26.7. The smallest absolute Gasteiger partial charge is 0.348 e. The number of hydroxylamine groups is 2. The number of carbonyl (C=O) groups excluding carboxylic acids is 3. The van der Waals surface area contributed by atoms with E-state index < -0.39 is 5.91 Å². The molecule has 0 bridgehead atoms. The number of carbonyl (C=O) groups is 3. The highest BCUT2D eigenvalue weighted by atomic mass is 32.1. The number of benzene rings is 3. The summed E-state index contributed by atoms with van der Waals surface area (Å²) in [4.78, 5) is 47.2. The van der Waals surface area contributed by atoms with Crippen LogP contribution in [0.4, 0.5) is 0 Å². The maximum absolute atomic E-state index is 12.3. The number of fused-ring (bicyclic) bond motifs is 1. The Bertz CT molecular complexity index is 1740. The Balaban J connectivity index is 1.48. The van der Waals surface area contributed by atoms with Crippen LogP contribution in [-0.2, 0) is 21.0 Å². The molecule has 218 valence electrons. The number of amides is 2. The predicted octanol–water partition coefficient (Wildman–Crippen LogP) is 6.35. The summed E-state index contributed by atoms with van der Waals surface area (Å²) in [6.45, 7) is 2.68. The van der Waals surface area contributed by atoms with E-state index in [1.54, 1.807) is 25.3 Å². The molecule has 1 unspecified atom stereocenters. The molecule has 5 rings (SSSR count). The Kier molecular flexibility index (Phi) is 9.56. The van der Waals surface area contributed by atoms with Crippen LogP contribution in [0.15, 0.2) is 96.5 Å². The van der Waals surface area contributed by atoms with Gasteiger partial charge < -0.3 is 10.5 Å². The highest BCUT2D eigenvalue weighted by Crippen LogP contribution is 2.35. The van der Waals surface area contributed by atoms with Crippen molar-refractivity contribution in [3.8, 4) is 11.1 Å². The minimum Gasteiger partial charge on any atom is -0.462 e. The third-order valence-corrected chi connectivity index (χ3v) is 8.01. The molecule has 0 spiro atoms. The number of nitrogens with zero attached hydrogens (tertiary/aromatic N) is 2. The molecule has 5 aromatic rings. The molecule has 0 aliphatic rings. The van der Waals surface area contributed by atoms with Crippen LogP contribution < -0.4 is 5.73 Å². The molecule has 0 aliphatic carbocycles. The minimum atomic E-state index is -0.500. The molecular weight excluding hydrogens is 562 g/mol. The van der Waals surface area contributed by atoms with Crippen molar-refractivity contribution in [3.63, 3.8) is 0 Å². The fourth-order valence-corrected chi connectivity index (χ4v) is 5.77. The first-order chi connectivity index (χ1) is 21.0. The van der Waals surface area contributed by atoms with Gasteiger partial charge in [0, 0.05) is 29.6 Å². The molecule has 3 aromatic carbocycles. The number of rotatable bonds is 13. The largest absolute Gasteiger partial charge is 0.462 e. The molecule has 2 heterocycles. The zero-order valence-corrected chi connectivity index (χ0v) is 24.5. The van der Waals surface area contributed by atoms with E-state index in [0.29, 0.717) is 36.4 Å². The standard InChI is InChI=1S/C34H31N3O5S/c1-2-41-34(40)31-19-28(21-43-31)24-9-6-10-25(17-24)30(14-16-37(22-38)42-20-23-7-4-3-5-8-23)32-29-12-11-27(33(35)39)18-26(29)13-15-36-32/h3-13,15,17-19,21-22,30H,2,14,16,20H2,1H3,(H2,35,39). The van der Waals surface area contributed by atoms with Gasteiger partial charge in [0.05, 0.1) is 12.3 Å². The fourth-order valence-electron chi connectivity index (χ4n) is 4.96. The predicted molar refractivity (Wildman–Crippen MR) is 166 cm³/mol. The third kappa shape index (κ3) is 7.14. The highest BCUT2D eigenvalue weighted by molar-refractivity contribution is 7.12. The summed E-state index contributed by atoms with van der Waals surface area (Å²) in [5, 5.41) is 4.97. The van der Waals surface area contributed by atoms with Gasteiger partial charge in [0.2, 0.25) is 12.3 Å². The number of hydrogen-bond donors (Lipinski definition) is 1. The lowest BCUT2D eigenvalue weighted by atomic mass is 9.87. The Labute approximate surface area is 253 Å². The lowest BCUT2D eigenvalue weighted by Crippen LogP contribution is -2.25. The van der Waals surface area contributed by atoms with E-state index in [2.05, 4.69) is 6.07 Å². The molecule has 2 N–H and O–H groups in total. The van der Waals surface area contributed by atoms with E-state index in [1.807, 2.05) is 72.1 Å². The van der Waals surface area contributed by atoms with E-state index in [0.717, 1.165) is 38.7 Å². The van der Waals surface area contributed by atoms with Crippen LogP contribution in [0.25, 0.3) is 21.9 Å². The van der Waals surface area contributed by atoms with Crippen LogP contribution in [0.1, 0.15) is 56.1 Å². The lowest BCUT2D eigenvalue weighted by Gasteiger charge is -2.23. The van der Waals surface area contributed by atoms with Gasteiger partial charge >= 0.3 is 5.97 Å². The van der Waals surface area contributed by atoms with E-state index in [4.69, 9.17) is 20.3 Å². The molecule has 0 fully saturated rings. The molecule has 8 nitrogen and oxygen atoms in total. The van der Waals surface area contributed by atoms with Gasteiger partial charge in [-0.3, -0.25) is 19.4 Å². The molecule has 0 saturated heterocycles. The molecule has 43 heavy (non-hydrogen) atoms. The topological polar surface area (TPSA) is 112 Å². The van der Waals surface area contributed by atoms with Crippen LogP contribution in [-0.4, -0.2) is 41.5 Å². The van der Waals surface area contributed by atoms with Crippen molar-refractivity contribution in [2.45, 2.75) is 25.9 Å². The average Bonchev–Trinajstić information content (AvgIpc) is 3.54. The number of ether oxygens (including phenoxy) is 1. The quantitative estimate of drug-likeness (QED) is 0.0967. The zero-order chi connectivity index (χ0) is 30.2. The number of thiophene rings is 1. The van der Waals surface area contributed by atoms with Gasteiger partial charge in [-0.2, -0.15) is 0 Å². The summed E-state index contributed by atoms with van der Waals surface area (Å²) < 4.78 is 5.16. The van der Waals surface area contributed by atoms with Crippen molar-refractivity contribution >= 4 is 40.4 Å². The Morgan fingerprint density at radius 2 is 1.84 bits per heavy atom. The van der Waals surface area contributed by atoms with Gasteiger partial charge in [0.25, 0.3) is 0 Å². The zero-order valence-electron chi connectivity index (χ0n) is 23.6. The summed E-state index contributed by atoms with van der Waals surface area (Å²) in [5.74, 6) is -1.07. The second-order valence-electron chi connectivity index (χ2n) is 9.89. The molecule has 0 saturated carbocycles. The van der Waals surface area contributed by atoms with E-state index in [1.165, 1.54) is 16.4 Å². The van der Waals surface area contributed by atoms with E-state index >= 15 is 0 Å². The van der Waals surface area contributed by atoms with E-state index in [-0.39, 0.29) is 18.5 Å². The van der Waals surface area contributed by atoms with Crippen LogP contribution in [0.5, 0.6) is 0 Å². The summed E-state index contributed by atoms with van der Waals surface area (Å²) >= 11 is 1.34. The van der Waals surface area contributed by atoms with Crippen LogP contribution in [0.2, 0.25) is 0 Å². The molecular formula is C34H31N3O5S. The van der Waals surface area contributed by atoms with Crippen molar-refractivity contribution < 1.29 is 24.0 Å². The van der Waals surface area contributed by atoms with Gasteiger partial charge in [-0.1, -0.05) is 60.7 Å². The Morgan fingerprint density at radius 3 is 2.60 bits per heavy atom. The van der Waals surface area contributed by atoms with Crippen LogP contribution in [0, 0.1) is 0 Å². The van der Waals surface area contributed by atoms with Crippen LogP contribution in [0.3, 0.4) is 0 Å². The number of pyridine rings is 1. The SMILES string of the molecule is CCOC(=O)c1cc(-c2cccc(C(CCN(C=O)OCc3ccccc3)c3nccc4cc(C(N)=O)ccc34)c2)cs1. The van der Waals surface area contributed by atoms with Gasteiger partial charge in [-0.05, 0) is 70.6 Å². The van der Waals surface area contributed by atoms with Gasteiger partial charge in [0.15, 0.2) is 0 Å². The first-order valence-corrected chi connectivity index (χ1v) is 14.8. The number of primary amides is 1. The maximum Gasteiger partial charge on any atom is 0.348 e. The highest BCUT2D eigenvalue weighted by Gasteiger charge is 2.21. The molecule has 0 radical (unpaired) electrons. The molecule has 2 amide bonds. The summed E-state index contributed by atoms with van der Waals surface area (Å²) in [5.41, 5.74) is 10.5. The maximum atomic E-state index is 12.3. The van der Waals surface area contributed by atoms with Crippen molar-refractivity contribution in [2.24, 2.45) is 5.73 Å². The normalized spacial score (nSPS) is 11.7. The number of hydrogen-bond acceptors (Lipinski definition) is 7. The molecule has 1 atom stereocenters. The Hall–Kier alpha value is -4.86. The average molecular weight is 594 g/mol. The minimum absolute atomic E-state index is 0.228. The Morgan fingerprint density at radius 1 is 1.00 bits per heavy atom. The van der Waals surface area contributed by atoms with E-state index in [9.17, 15) is 14.4 Å². The summed E-state index contributed by atoms with van der Waals surface area (Å²) in [6.07, 6.45) is 2.92. The van der Waals surface area contributed by atoms with Crippen molar-refractivity contribution in [3.05, 3.63) is 124 Å². The molecule has 9 heteroatoms. The number of esters is 1. The third-order valence-electron chi connectivity index (χ3n) is 7.10. The monoisotopic (exact) mass is 593 g/mol. The van der Waals surface area contributed by atoms with Crippen molar-refractivity contribution in [2.75, 3.05) is 13.2 Å². The van der Waals surface area contributed by atoms with Gasteiger partial charge in [-0.25, -0.2) is 9.86 Å². The van der Waals surface area contributed by atoms with Crippen LogP contribution >= 0.6 is 11.3 Å². The number of nitrogens with two attached hydrogens (primary N) is 1. The first kappa shape index (κ1) is 29.6. The molecule has 2 aromatic heterocycles. The first-order valence-electron chi connectivity index (χ1n) is 13.9. The number of aromatic nitrogens is 1.